The van der Waals surface area contributed by atoms with Crippen molar-refractivity contribution in [2.24, 2.45) is 0 Å². The second kappa shape index (κ2) is 7.23. The van der Waals surface area contributed by atoms with Gasteiger partial charge in [-0.3, -0.25) is 4.79 Å². The van der Waals surface area contributed by atoms with Gasteiger partial charge in [-0.15, -0.1) is 0 Å². The topological polar surface area (TPSA) is 49.9 Å². The van der Waals surface area contributed by atoms with Gasteiger partial charge in [-0.25, -0.2) is 4.79 Å². The highest BCUT2D eigenvalue weighted by Gasteiger charge is 2.33. The Hall–Kier alpha value is -1.43. The molecule has 1 fully saturated rings. The van der Waals surface area contributed by atoms with Crippen LogP contribution in [0.3, 0.4) is 0 Å². The second-order valence-corrected chi connectivity index (χ2v) is 5.30. The maximum Gasteiger partial charge on any atom is 0.410 e. The Kier molecular flexibility index (Phi) is 5.95. The molecule has 6 heteroatoms. The summed E-state index contributed by atoms with van der Waals surface area (Å²) in [6.07, 6.45) is 5.04. The van der Waals surface area contributed by atoms with E-state index in [9.17, 15) is 9.59 Å². The molecular formula is C13H20N2O3S. The lowest BCUT2D eigenvalue weighted by Gasteiger charge is -2.21. The number of amides is 2. The van der Waals surface area contributed by atoms with Crippen LogP contribution in [0.25, 0.3) is 0 Å². The van der Waals surface area contributed by atoms with Crippen molar-refractivity contribution < 1.29 is 14.3 Å². The van der Waals surface area contributed by atoms with E-state index in [1.807, 2.05) is 0 Å². The summed E-state index contributed by atoms with van der Waals surface area (Å²) in [5.41, 5.74) is 0. The molecule has 0 saturated carbocycles. The summed E-state index contributed by atoms with van der Waals surface area (Å²) in [6.45, 7) is 4.20. The maximum absolute atomic E-state index is 11.8. The van der Waals surface area contributed by atoms with Crippen LogP contribution in [0.1, 0.15) is 6.42 Å². The Bertz CT molecular complexity index is 382. The van der Waals surface area contributed by atoms with Crippen molar-refractivity contribution in [3.63, 3.8) is 0 Å². The normalized spacial score (nSPS) is 22.6. The van der Waals surface area contributed by atoms with Crippen LogP contribution in [-0.2, 0) is 9.53 Å². The van der Waals surface area contributed by atoms with Crippen molar-refractivity contribution in [1.82, 2.24) is 9.80 Å². The summed E-state index contributed by atoms with van der Waals surface area (Å²) in [5, 5.41) is 0.0976. The number of likely N-dealkylation sites (N-methyl/N-ethyl adjacent to an activating group) is 1. The smallest absolute Gasteiger partial charge is 0.410 e. The van der Waals surface area contributed by atoms with Gasteiger partial charge in [-0.05, 0) is 6.42 Å². The Morgan fingerprint density at radius 1 is 1.53 bits per heavy atom. The standard InChI is InChI=1S/C13H20N2O3S/c1-4-7-18-13(17)15-9-11(19)8-10(15)5-6-12(16)14(2)3/h4-6,10-11,19H,1,7-9H2,2-3H3/t10-,11+/m1/s1. The Balaban J connectivity index is 2.66. The quantitative estimate of drug-likeness (QED) is 0.481. The Labute approximate surface area is 119 Å². The third-order valence-electron chi connectivity index (χ3n) is 2.78. The zero-order chi connectivity index (χ0) is 14.4. The molecule has 5 nitrogen and oxygen atoms in total. The molecule has 0 unspecified atom stereocenters. The number of hydrogen-bond acceptors (Lipinski definition) is 4. The molecule has 0 radical (unpaired) electrons. The van der Waals surface area contributed by atoms with E-state index in [-0.39, 0.29) is 23.8 Å². The fraction of sp³-hybridized carbons (Fsp3) is 0.538. The van der Waals surface area contributed by atoms with Gasteiger partial charge in [0.1, 0.15) is 6.61 Å². The molecule has 106 valence electrons. The van der Waals surface area contributed by atoms with E-state index in [1.54, 1.807) is 25.1 Å². The van der Waals surface area contributed by atoms with Crippen LogP contribution in [0.2, 0.25) is 0 Å². The van der Waals surface area contributed by atoms with Gasteiger partial charge in [0.25, 0.3) is 0 Å². The number of ether oxygens (including phenoxy) is 1. The third-order valence-corrected chi connectivity index (χ3v) is 3.16. The van der Waals surface area contributed by atoms with Gasteiger partial charge >= 0.3 is 6.09 Å². The Morgan fingerprint density at radius 2 is 2.21 bits per heavy atom. The second-order valence-electron chi connectivity index (χ2n) is 4.57. The lowest BCUT2D eigenvalue weighted by atomic mass is 10.2. The van der Waals surface area contributed by atoms with Gasteiger partial charge in [0.05, 0.1) is 6.04 Å². The number of hydrogen-bond donors (Lipinski definition) is 1. The van der Waals surface area contributed by atoms with E-state index in [0.29, 0.717) is 13.0 Å². The number of carbonyl (C=O) groups is 2. The zero-order valence-electron chi connectivity index (χ0n) is 11.3. The minimum absolute atomic E-state index is 0.0976. The highest BCUT2D eigenvalue weighted by atomic mass is 32.1. The SMILES string of the molecule is C=CCOC(=O)N1C[C@@H](S)C[C@H]1C=CC(=O)N(C)C. The largest absolute Gasteiger partial charge is 0.445 e. The van der Waals surface area contributed by atoms with Crippen molar-refractivity contribution in [2.75, 3.05) is 27.2 Å². The average Bonchev–Trinajstić information content (AvgIpc) is 2.74. The van der Waals surface area contributed by atoms with Gasteiger partial charge in [0.15, 0.2) is 0 Å². The maximum atomic E-state index is 11.8. The first-order chi connectivity index (χ1) is 8.95. The molecule has 1 heterocycles. The van der Waals surface area contributed by atoms with Gasteiger partial charge in [0.2, 0.25) is 5.91 Å². The van der Waals surface area contributed by atoms with Crippen LogP contribution in [0.5, 0.6) is 0 Å². The van der Waals surface area contributed by atoms with E-state index in [0.717, 1.165) is 0 Å². The molecule has 0 aromatic heterocycles. The molecule has 0 bridgehead atoms. The molecule has 1 rings (SSSR count). The van der Waals surface area contributed by atoms with Crippen molar-refractivity contribution in [1.29, 1.82) is 0 Å². The zero-order valence-corrected chi connectivity index (χ0v) is 12.2. The number of thiol groups is 1. The summed E-state index contributed by atoms with van der Waals surface area (Å²) in [7, 11) is 3.36. The minimum Gasteiger partial charge on any atom is -0.445 e. The number of likely N-dealkylation sites (tertiary alicyclic amines) is 1. The predicted molar refractivity (Wildman–Crippen MR) is 77.3 cm³/mol. The molecular weight excluding hydrogens is 264 g/mol. The molecule has 1 aliphatic heterocycles. The fourth-order valence-corrected chi connectivity index (χ4v) is 2.18. The molecule has 2 atom stereocenters. The number of rotatable bonds is 4. The first kappa shape index (κ1) is 15.6. The van der Waals surface area contributed by atoms with Gasteiger partial charge in [-0.2, -0.15) is 12.6 Å². The number of nitrogens with zero attached hydrogens (tertiary/aromatic N) is 2. The summed E-state index contributed by atoms with van der Waals surface area (Å²) in [5.74, 6) is -0.109. The molecule has 1 saturated heterocycles. The third kappa shape index (κ3) is 4.63. The van der Waals surface area contributed by atoms with Crippen LogP contribution < -0.4 is 0 Å². The molecule has 0 aromatic rings. The predicted octanol–water partition coefficient (Wildman–Crippen LogP) is 1.33. The van der Waals surface area contributed by atoms with E-state index in [1.165, 1.54) is 17.1 Å². The Morgan fingerprint density at radius 3 is 2.79 bits per heavy atom. The van der Waals surface area contributed by atoms with E-state index in [4.69, 9.17) is 4.74 Å². The van der Waals surface area contributed by atoms with Crippen LogP contribution in [0.15, 0.2) is 24.8 Å². The van der Waals surface area contributed by atoms with Crippen molar-refractivity contribution in [2.45, 2.75) is 17.7 Å². The first-order valence-electron chi connectivity index (χ1n) is 6.07. The lowest BCUT2D eigenvalue weighted by molar-refractivity contribution is -0.123. The highest BCUT2D eigenvalue weighted by molar-refractivity contribution is 7.81. The van der Waals surface area contributed by atoms with Crippen molar-refractivity contribution in [3.05, 3.63) is 24.8 Å². The summed E-state index contributed by atoms with van der Waals surface area (Å²) in [6, 6.07) is -0.149. The van der Waals surface area contributed by atoms with Gasteiger partial charge in [0, 0.05) is 32.0 Å². The van der Waals surface area contributed by atoms with Gasteiger partial charge in [-0.1, -0.05) is 18.7 Å². The monoisotopic (exact) mass is 284 g/mol. The number of carbonyl (C=O) groups excluding carboxylic acids is 2. The minimum atomic E-state index is -0.400. The van der Waals surface area contributed by atoms with Crippen molar-refractivity contribution in [3.8, 4) is 0 Å². The van der Waals surface area contributed by atoms with Crippen LogP contribution in [0.4, 0.5) is 4.79 Å². The molecule has 19 heavy (non-hydrogen) atoms. The van der Waals surface area contributed by atoms with E-state index >= 15 is 0 Å². The molecule has 2 amide bonds. The average molecular weight is 284 g/mol. The van der Waals surface area contributed by atoms with Crippen molar-refractivity contribution >= 4 is 24.6 Å². The summed E-state index contributed by atoms with van der Waals surface area (Å²) < 4.78 is 5.01. The summed E-state index contributed by atoms with van der Waals surface area (Å²) >= 11 is 4.38. The molecule has 0 aromatic carbocycles. The van der Waals surface area contributed by atoms with E-state index < -0.39 is 6.09 Å². The lowest BCUT2D eigenvalue weighted by Crippen LogP contribution is -2.35. The molecule has 1 aliphatic rings. The molecule has 0 N–H and O–H groups in total. The van der Waals surface area contributed by atoms with Gasteiger partial charge < -0.3 is 14.5 Å². The molecule has 0 spiro atoms. The molecule has 0 aliphatic carbocycles. The van der Waals surface area contributed by atoms with Crippen LogP contribution in [-0.4, -0.2) is 60.3 Å². The first-order valence-corrected chi connectivity index (χ1v) is 6.59. The fourth-order valence-electron chi connectivity index (χ4n) is 1.79. The summed E-state index contributed by atoms with van der Waals surface area (Å²) in [4.78, 5) is 26.4. The van der Waals surface area contributed by atoms with Crippen LogP contribution in [0, 0.1) is 0 Å². The van der Waals surface area contributed by atoms with Crippen LogP contribution >= 0.6 is 12.6 Å². The highest BCUT2D eigenvalue weighted by Crippen LogP contribution is 2.23. The van der Waals surface area contributed by atoms with E-state index in [2.05, 4.69) is 19.2 Å².